The number of fused-ring (bicyclic) bond motifs is 1. The second-order valence-electron chi connectivity index (χ2n) is 3.35. The second kappa shape index (κ2) is 4.19. The third-order valence-electron chi connectivity index (χ3n) is 2.25. The Morgan fingerprint density at radius 2 is 2.19 bits per heavy atom. The Hall–Kier alpha value is -1.46. The monoisotopic (exact) mass is 247 g/mol. The highest BCUT2D eigenvalue weighted by atomic mass is 32.1. The minimum Gasteiger partial charge on any atom is -0.355 e. The lowest BCUT2D eigenvalue weighted by molar-refractivity contribution is 1.06. The zero-order valence-electron chi connectivity index (χ0n) is 8.38. The number of anilines is 1. The van der Waals surface area contributed by atoms with E-state index in [0.29, 0.717) is 0 Å². The molecule has 2 heterocycles. The number of thiophene rings is 1. The van der Waals surface area contributed by atoms with Gasteiger partial charge in [-0.2, -0.15) is 0 Å². The summed E-state index contributed by atoms with van der Waals surface area (Å²) < 4.78 is 1.33. The van der Waals surface area contributed by atoms with Crippen LogP contribution in [0.1, 0.15) is 4.88 Å². The van der Waals surface area contributed by atoms with Gasteiger partial charge < -0.3 is 5.32 Å². The molecule has 80 valence electrons. The van der Waals surface area contributed by atoms with Crippen LogP contribution in [0.15, 0.2) is 35.8 Å². The maximum absolute atomic E-state index is 3.95. The summed E-state index contributed by atoms with van der Waals surface area (Å²) >= 11 is 3.33. The highest BCUT2D eigenvalue weighted by molar-refractivity contribution is 7.19. The number of rotatable bonds is 3. The first-order valence-electron chi connectivity index (χ1n) is 4.89. The second-order valence-corrected chi connectivity index (χ2v) is 5.35. The van der Waals surface area contributed by atoms with Gasteiger partial charge in [0.25, 0.3) is 0 Å². The largest absolute Gasteiger partial charge is 0.355 e. The highest BCUT2D eigenvalue weighted by Gasteiger charge is 2.01. The number of benzene rings is 1. The van der Waals surface area contributed by atoms with Gasteiger partial charge in [0.1, 0.15) is 5.51 Å². The van der Waals surface area contributed by atoms with Crippen LogP contribution in [0.4, 0.5) is 5.13 Å². The van der Waals surface area contributed by atoms with Crippen LogP contribution in [0.3, 0.4) is 0 Å². The van der Waals surface area contributed by atoms with Crippen molar-refractivity contribution in [2.45, 2.75) is 6.54 Å². The minimum absolute atomic E-state index is 0.814. The Morgan fingerprint density at radius 3 is 3.00 bits per heavy atom. The molecule has 0 aliphatic heterocycles. The third kappa shape index (κ3) is 1.91. The molecular weight excluding hydrogens is 238 g/mol. The molecule has 0 aliphatic carbocycles. The normalized spacial score (nSPS) is 10.8. The van der Waals surface area contributed by atoms with Crippen molar-refractivity contribution >= 4 is 37.9 Å². The smallest absolute Gasteiger partial charge is 0.205 e. The van der Waals surface area contributed by atoms with Crippen LogP contribution in [0.2, 0.25) is 0 Å². The molecule has 16 heavy (non-hydrogen) atoms. The van der Waals surface area contributed by atoms with Crippen molar-refractivity contribution in [3.8, 4) is 0 Å². The topological polar surface area (TPSA) is 37.8 Å². The number of hydrogen-bond donors (Lipinski definition) is 1. The predicted octanol–water partition coefficient (Wildman–Crippen LogP) is 3.36. The van der Waals surface area contributed by atoms with Crippen LogP contribution in [-0.4, -0.2) is 10.2 Å². The molecule has 0 bridgehead atoms. The van der Waals surface area contributed by atoms with Crippen LogP contribution in [0.5, 0.6) is 0 Å². The Morgan fingerprint density at radius 1 is 1.25 bits per heavy atom. The summed E-state index contributed by atoms with van der Waals surface area (Å²) in [5.74, 6) is 0. The predicted molar refractivity (Wildman–Crippen MR) is 69.1 cm³/mol. The van der Waals surface area contributed by atoms with E-state index < -0.39 is 0 Å². The van der Waals surface area contributed by atoms with Gasteiger partial charge in [0, 0.05) is 9.58 Å². The van der Waals surface area contributed by atoms with Crippen LogP contribution in [-0.2, 0) is 6.54 Å². The summed E-state index contributed by atoms with van der Waals surface area (Å²) in [4.78, 5) is 1.32. The summed E-state index contributed by atoms with van der Waals surface area (Å²) in [5.41, 5.74) is 1.73. The maximum atomic E-state index is 3.95. The quantitative estimate of drug-likeness (QED) is 0.771. The van der Waals surface area contributed by atoms with Crippen molar-refractivity contribution in [2.24, 2.45) is 0 Å². The Bertz CT molecular complexity index is 553. The molecule has 0 spiro atoms. The molecule has 0 aliphatic rings. The number of nitrogens with one attached hydrogen (secondary N) is 1. The van der Waals surface area contributed by atoms with Crippen molar-refractivity contribution in [3.05, 3.63) is 40.7 Å². The molecule has 2 aromatic heterocycles. The standard InChI is InChI=1S/C11H9N3S2/c1-2-4-10-8(3-1)5-9(16-10)6-12-11-14-13-7-15-11/h1-5,7H,6H2,(H,12,14). The fourth-order valence-corrected chi connectivity index (χ4v) is 2.98. The van der Waals surface area contributed by atoms with Crippen molar-refractivity contribution in [2.75, 3.05) is 5.32 Å². The lowest BCUT2D eigenvalue weighted by atomic mass is 10.2. The molecule has 3 aromatic rings. The maximum Gasteiger partial charge on any atom is 0.205 e. The van der Waals surface area contributed by atoms with Gasteiger partial charge in [0.15, 0.2) is 0 Å². The van der Waals surface area contributed by atoms with E-state index in [1.54, 1.807) is 5.51 Å². The van der Waals surface area contributed by atoms with E-state index in [0.717, 1.165) is 11.7 Å². The SMILES string of the molecule is c1ccc2sc(CNc3nncs3)cc2c1. The zero-order valence-corrected chi connectivity index (χ0v) is 10.0. The zero-order chi connectivity index (χ0) is 10.8. The average Bonchev–Trinajstić information content (AvgIpc) is 2.95. The van der Waals surface area contributed by atoms with E-state index in [9.17, 15) is 0 Å². The van der Waals surface area contributed by atoms with Gasteiger partial charge >= 0.3 is 0 Å². The molecule has 3 rings (SSSR count). The highest BCUT2D eigenvalue weighted by Crippen LogP contribution is 2.25. The van der Waals surface area contributed by atoms with Gasteiger partial charge in [-0.15, -0.1) is 21.5 Å². The summed E-state index contributed by atoms with van der Waals surface area (Å²) in [6.45, 7) is 0.814. The molecule has 0 unspecified atom stereocenters. The van der Waals surface area contributed by atoms with Crippen LogP contribution < -0.4 is 5.32 Å². The molecule has 0 amide bonds. The molecule has 3 nitrogen and oxygen atoms in total. The molecular formula is C11H9N3S2. The van der Waals surface area contributed by atoms with Crippen LogP contribution in [0.25, 0.3) is 10.1 Å². The first kappa shape index (κ1) is 9.74. The van der Waals surface area contributed by atoms with Gasteiger partial charge in [0.2, 0.25) is 5.13 Å². The Labute approximate surface area is 101 Å². The van der Waals surface area contributed by atoms with E-state index in [1.807, 2.05) is 11.3 Å². The molecule has 0 fully saturated rings. The first-order chi connectivity index (χ1) is 7.92. The lowest BCUT2D eigenvalue weighted by Crippen LogP contribution is -1.96. The van der Waals surface area contributed by atoms with E-state index in [1.165, 1.54) is 26.3 Å². The fraction of sp³-hybridized carbons (Fsp3) is 0.0909. The number of nitrogens with zero attached hydrogens (tertiary/aromatic N) is 2. The summed E-state index contributed by atoms with van der Waals surface area (Å²) in [5, 5.41) is 13.2. The molecule has 1 N–H and O–H groups in total. The van der Waals surface area contributed by atoms with Gasteiger partial charge in [-0.3, -0.25) is 0 Å². The summed E-state index contributed by atoms with van der Waals surface area (Å²) in [7, 11) is 0. The van der Waals surface area contributed by atoms with Crippen molar-refractivity contribution in [3.63, 3.8) is 0 Å². The van der Waals surface area contributed by atoms with Gasteiger partial charge in [-0.25, -0.2) is 0 Å². The minimum atomic E-state index is 0.814. The first-order valence-corrected chi connectivity index (χ1v) is 6.59. The molecule has 1 aromatic carbocycles. The Balaban J connectivity index is 1.79. The van der Waals surface area contributed by atoms with E-state index in [4.69, 9.17) is 0 Å². The summed E-state index contributed by atoms with van der Waals surface area (Å²) in [6, 6.07) is 10.6. The van der Waals surface area contributed by atoms with Gasteiger partial charge in [-0.1, -0.05) is 29.5 Å². The van der Waals surface area contributed by atoms with Crippen molar-refractivity contribution < 1.29 is 0 Å². The fourth-order valence-electron chi connectivity index (χ4n) is 1.54. The lowest BCUT2D eigenvalue weighted by Gasteiger charge is -1.96. The Kier molecular flexibility index (Phi) is 2.55. The molecule has 0 saturated heterocycles. The average molecular weight is 247 g/mol. The van der Waals surface area contributed by atoms with Crippen LogP contribution >= 0.6 is 22.7 Å². The van der Waals surface area contributed by atoms with Crippen molar-refractivity contribution in [1.29, 1.82) is 0 Å². The molecule has 0 saturated carbocycles. The van der Waals surface area contributed by atoms with Gasteiger partial charge in [0.05, 0.1) is 6.54 Å². The van der Waals surface area contributed by atoms with Crippen molar-refractivity contribution in [1.82, 2.24) is 10.2 Å². The summed E-state index contributed by atoms with van der Waals surface area (Å²) in [6.07, 6.45) is 0. The van der Waals surface area contributed by atoms with E-state index in [2.05, 4.69) is 45.8 Å². The van der Waals surface area contributed by atoms with Crippen LogP contribution in [0, 0.1) is 0 Å². The molecule has 0 radical (unpaired) electrons. The molecule has 0 atom stereocenters. The van der Waals surface area contributed by atoms with E-state index >= 15 is 0 Å². The third-order valence-corrected chi connectivity index (χ3v) is 4.02. The number of hydrogen-bond acceptors (Lipinski definition) is 5. The van der Waals surface area contributed by atoms with E-state index in [-0.39, 0.29) is 0 Å². The van der Waals surface area contributed by atoms with Gasteiger partial charge in [-0.05, 0) is 17.5 Å². The molecule has 5 heteroatoms. The number of aromatic nitrogens is 2.